The van der Waals surface area contributed by atoms with Gasteiger partial charge in [0, 0.05) is 32.4 Å². The van der Waals surface area contributed by atoms with Crippen LogP contribution >= 0.6 is 0 Å². The first-order valence-electron chi connectivity index (χ1n) is 6.74. The van der Waals surface area contributed by atoms with E-state index in [1.165, 1.54) is 51.3 Å². The third kappa shape index (κ3) is 1.98. The molecule has 0 amide bonds. The number of likely N-dealkylation sites (N-methyl/N-ethyl adjacent to an activating group) is 1. The van der Waals surface area contributed by atoms with Crippen LogP contribution in [0.3, 0.4) is 0 Å². The second-order valence-electron chi connectivity index (χ2n) is 5.17. The van der Waals surface area contributed by atoms with Crippen molar-refractivity contribution in [3.05, 3.63) is 30.1 Å². The van der Waals surface area contributed by atoms with E-state index < -0.39 is 0 Å². The minimum atomic E-state index is 0.293. The van der Waals surface area contributed by atoms with Gasteiger partial charge in [-0.25, -0.2) is 0 Å². The zero-order valence-corrected chi connectivity index (χ0v) is 10.6. The summed E-state index contributed by atoms with van der Waals surface area (Å²) < 4.78 is 0. The Morgan fingerprint density at radius 2 is 1.94 bits per heavy atom. The largest absolute Gasteiger partial charge is 0.301 e. The van der Waals surface area contributed by atoms with Crippen LogP contribution in [0.2, 0.25) is 0 Å². The van der Waals surface area contributed by atoms with E-state index in [1.807, 2.05) is 12.3 Å². The molecule has 2 fully saturated rings. The van der Waals surface area contributed by atoms with Gasteiger partial charge in [0.2, 0.25) is 0 Å². The van der Waals surface area contributed by atoms with Crippen LogP contribution in [0.4, 0.5) is 0 Å². The molecule has 1 aromatic rings. The van der Waals surface area contributed by atoms with E-state index >= 15 is 0 Å². The number of aromatic nitrogens is 1. The zero-order chi connectivity index (χ0) is 11.7. The molecule has 1 aliphatic heterocycles. The van der Waals surface area contributed by atoms with E-state index in [0.717, 1.165) is 0 Å². The Kier molecular flexibility index (Phi) is 2.89. The molecule has 0 unspecified atom stereocenters. The molecule has 1 saturated carbocycles. The van der Waals surface area contributed by atoms with Crippen molar-refractivity contribution >= 4 is 0 Å². The summed E-state index contributed by atoms with van der Waals surface area (Å²) in [7, 11) is 0. The van der Waals surface area contributed by atoms with Gasteiger partial charge in [0.05, 0.1) is 11.2 Å². The first-order chi connectivity index (χ1) is 8.35. The standard InChI is InChI=1S/C14H21N3/c1-2-16-9-11-17(12-10-16)14(6-7-14)13-5-3-4-8-15-13/h3-5,8H,2,6-7,9-12H2,1H3. The van der Waals surface area contributed by atoms with Crippen LogP contribution in [0.5, 0.6) is 0 Å². The smallest absolute Gasteiger partial charge is 0.0636 e. The highest BCUT2D eigenvalue weighted by atomic mass is 15.3. The summed E-state index contributed by atoms with van der Waals surface area (Å²) in [5.41, 5.74) is 1.58. The summed E-state index contributed by atoms with van der Waals surface area (Å²) >= 11 is 0. The Balaban J connectivity index is 1.73. The van der Waals surface area contributed by atoms with Crippen LogP contribution in [-0.4, -0.2) is 47.5 Å². The van der Waals surface area contributed by atoms with Crippen molar-refractivity contribution in [1.82, 2.24) is 14.8 Å². The van der Waals surface area contributed by atoms with E-state index in [2.05, 4.69) is 33.8 Å². The lowest BCUT2D eigenvalue weighted by Gasteiger charge is -2.39. The lowest BCUT2D eigenvalue weighted by atomic mass is 10.1. The van der Waals surface area contributed by atoms with Gasteiger partial charge in [-0.2, -0.15) is 0 Å². The Labute approximate surface area is 103 Å². The molecular formula is C14H21N3. The number of hydrogen-bond acceptors (Lipinski definition) is 3. The molecule has 0 bridgehead atoms. The van der Waals surface area contributed by atoms with Gasteiger partial charge in [-0.15, -0.1) is 0 Å². The van der Waals surface area contributed by atoms with Crippen LogP contribution in [-0.2, 0) is 5.54 Å². The summed E-state index contributed by atoms with van der Waals surface area (Å²) in [6, 6.07) is 6.32. The van der Waals surface area contributed by atoms with E-state index in [9.17, 15) is 0 Å². The van der Waals surface area contributed by atoms with Gasteiger partial charge in [-0.3, -0.25) is 9.88 Å². The van der Waals surface area contributed by atoms with Gasteiger partial charge < -0.3 is 4.90 Å². The summed E-state index contributed by atoms with van der Waals surface area (Å²) in [6.07, 6.45) is 4.50. The van der Waals surface area contributed by atoms with Crippen LogP contribution < -0.4 is 0 Å². The molecule has 2 heterocycles. The monoisotopic (exact) mass is 231 g/mol. The summed E-state index contributed by atoms with van der Waals surface area (Å²) in [4.78, 5) is 9.76. The van der Waals surface area contributed by atoms with Crippen LogP contribution in [0, 0.1) is 0 Å². The molecule has 2 aliphatic rings. The fourth-order valence-corrected chi connectivity index (χ4v) is 2.98. The quantitative estimate of drug-likeness (QED) is 0.789. The third-order valence-electron chi connectivity index (χ3n) is 4.29. The number of pyridine rings is 1. The summed E-state index contributed by atoms with van der Waals surface area (Å²) in [5.74, 6) is 0. The van der Waals surface area contributed by atoms with Crippen molar-refractivity contribution in [2.75, 3.05) is 32.7 Å². The molecule has 1 aromatic heterocycles. The van der Waals surface area contributed by atoms with E-state index in [1.54, 1.807) is 0 Å². The van der Waals surface area contributed by atoms with Crippen LogP contribution in [0.25, 0.3) is 0 Å². The lowest BCUT2D eigenvalue weighted by molar-refractivity contribution is 0.0847. The maximum absolute atomic E-state index is 4.57. The molecule has 92 valence electrons. The Morgan fingerprint density at radius 3 is 2.47 bits per heavy atom. The SMILES string of the molecule is CCN1CCN(C2(c3ccccn3)CC2)CC1. The van der Waals surface area contributed by atoms with Gasteiger partial charge >= 0.3 is 0 Å². The summed E-state index contributed by atoms with van der Waals surface area (Å²) in [6.45, 7) is 8.26. The van der Waals surface area contributed by atoms with Crippen molar-refractivity contribution < 1.29 is 0 Å². The Hall–Kier alpha value is -0.930. The van der Waals surface area contributed by atoms with Gasteiger partial charge in [-0.1, -0.05) is 13.0 Å². The maximum Gasteiger partial charge on any atom is 0.0636 e. The van der Waals surface area contributed by atoms with Crippen molar-refractivity contribution in [3.8, 4) is 0 Å². The lowest BCUT2D eigenvalue weighted by Crippen LogP contribution is -2.50. The topological polar surface area (TPSA) is 19.4 Å². The molecular weight excluding hydrogens is 210 g/mol. The highest BCUT2D eigenvalue weighted by Crippen LogP contribution is 2.50. The average Bonchev–Trinajstić information content (AvgIpc) is 3.21. The van der Waals surface area contributed by atoms with Gasteiger partial charge in [0.15, 0.2) is 0 Å². The maximum atomic E-state index is 4.57. The Morgan fingerprint density at radius 1 is 1.18 bits per heavy atom. The molecule has 1 aliphatic carbocycles. The Bertz CT molecular complexity index is 364. The molecule has 0 aromatic carbocycles. The summed E-state index contributed by atoms with van der Waals surface area (Å²) in [5, 5.41) is 0. The molecule has 0 spiro atoms. The number of hydrogen-bond donors (Lipinski definition) is 0. The van der Waals surface area contributed by atoms with E-state index in [-0.39, 0.29) is 0 Å². The number of piperazine rings is 1. The molecule has 3 rings (SSSR count). The first-order valence-corrected chi connectivity index (χ1v) is 6.74. The minimum Gasteiger partial charge on any atom is -0.301 e. The predicted octanol–water partition coefficient (Wildman–Crippen LogP) is 1.71. The molecule has 0 N–H and O–H groups in total. The molecule has 1 saturated heterocycles. The van der Waals surface area contributed by atoms with Crippen molar-refractivity contribution in [1.29, 1.82) is 0 Å². The van der Waals surface area contributed by atoms with Crippen LogP contribution in [0.1, 0.15) is 25.5 Å². The highest BCUT2D eigenvalue weighted by Gasteiger charge is 2.50. The van der Waals surface area contributed by atoms with Crippen LogP contribution in [0.15, 0.2) is 24.4 Å². The fourth-order valence-electron chi connectivity index (χ4n) is 2.98. The zero-order valence-electron chi connectivity index (χ0n) is 10.6. The van der Waals surface area contributed by atoms with E-state index in [4.69, 9.17) is 0 Å². The second kappa shape index (κ2) is 4.39. The normalized spacial score (nSPS) is 24.8. The van der Waals surface area contributed by atoms with Gasteiger partial charge in [0.25, 0.3) is 0 Å². The third-order valence-corrected chi connectivity index (χ3v) is 4.29. The van der Waals surface area contributed by atoms with Gasteiger partial charge in [-0.05, 0) is 31.5 Å². The molecule has 17 heavy (non-hydrogen) atoms. The molecule has 0 radical (unpaired) electrons. The molecule has 0 atom stereocenters. The van der Waals surface area contributed by atoms with E-state index in [0.29, 0.717) is 5.54 Å². The van der Waals surface area contributed by atoms with Crippen molar-refractivity contribution in [2.24, 2.45) is 0 Å². The minimum absolute atomic E-state index is 0.293. The molecule has 3 nitrogen and oxygen atoms in total. The first kappa shape index (κ1) is 11.2. The van der Waals surface area contributed by atoms with Crippen molar-refractivity contribution in [2.45, 2.75) is 25.3 Å². The number of rotatable bonds is 3. The predicted molar refractivity (Wildman–Crippen MR) is 68.8 cm³/mol. The van der Waals surface area contributed by atoms with Gasteiger partial charge in [0.1, 0.15) is 0 Å². The molecule has 3 heteroatoms. The number of nitrogens with zero attached hydrogens (tertiary/aromatic N) is 3. The van der Waals surface area contributed by atoms with Crippen molar-refractivity contribution in [3.63, 3.8) is 0 Å². The second-order valence-corrected chi connectivity index (χ2v) is 5.17. The highest BCUT2D eigenvalue weighted by molar-refractivity contribution is 5.23. The average molecular weight is 231 g/mol. The fraction of sp³-hybridized carbons (Fsp3) is 0.643.